The molecule has 2 amide bonds. The fraction of sp³-hybridized carbons (Fsp3) is 0.368. The Morgan fingerprint density at radius 3 is 2.32 bits per heavy atom. The van der Waals surface area contributed by atoms with Crippen LogP contribution in [0.3, 0.4) is 0 Å². The lowest BCUT2D eigenvalue weighted by Crippen LogP contribution is -2.38. The molecular weight excluding hydrogens is 380 g/mol. The number of amides is 2. The number of anilines is 2. The van der Waals surface area contributed by atoms with Gasteiger partial charge in [0.2, 0.25) is 5.88 Å². The summed E-state index contributed by atoms with van der Waals surface area (Å²) in [4.78, 5) is 16.4. The van der Waals surface area contributed by atoms with Gasteiger partial charge in [0.25, 0.3) is 0 Å². The van der Waals surface area contributed by atoms with Crippen LogP contribution < -0.4 is 19.5 Å². The molecule has 0 aliphatic heterocycles. The second-order valence-corrected chi connectivity index (χ2v) is 8.40. The van der Waals surface area contributed by atoms with Gasteiger partial charge in [0.15, 0.2) is 0 Å². The Balaban J connectivity index is 1.49. The molecule has 0 radical (unpaired) electrons. The number of aryl methyl sites for hydroxylation is 2. The second kappa shape index (κ2) is 7.31. The highest BCUT2D eigenvalue weighted by Crippen LogP contribution is 2.38. The van der Waals surface area contributed by atoms with Crippen LogP contribution in [0.25, 0.3) is 0 Å². The van der Waals surface area contributed by atoms with Crippen LogP contribution in [0.4, 0.5) is 16.2 Å². The Morgan fingerprint density at radius 2 is 1.75 bits per heavy atom. The fourth-order valence-corrected chi connectivity index (χ4v) is 4.75. The van der Waals surface area contributed by atoms with Crippen molar-refractivity contribution in [2.75, 3.05) is 17.1 Å². The summed E-state index contributed by atoms with van der Waals surface area (Å²) in [5.74, 6) is 0.362. The predicted octanol–water partition coefficient (Wildman–Crippen LogP) is 2.55. The quantitative estimate of drug-likeness (QED) is 0.712. The van der Waals surface area contributed by atoms with E-state index < -0.39 is 16.2 Å². The fourth-order valence-electron chi connectivity index (χ4n) is 3.97. The number of aromatic nitrogens is 1. The molecule has 0 saturated heterocycles. The third-order valence-electron chi connectivity index (χ3n) is 5.14. The van der Waals surface area contributed by atoms with Gasteiger partial charge in [0, 0.05) is 11.8 Å². The van der Waals surface area contributed by atoms with Crippen LogP contribution >= 0.6 is 0 Å². The number of nitrogens with zero attached hydrogens (tertiary/aromatic N) is 1. The number of benzene rings is 1. The van der Waals surface area contributed by atoms with E-state index in [9.17, 15) is 13.2 Å². The maximum Gasteiger partial charge on any atom is 0.334 e. The first-order valence-corrected chi connectivity index (χ1v) is 10.7. The molecule has 148 valence electrons. The normalized spacial score (nSPS) is 14.9. The molecule has 2 aliphatic carbocycles. The van der Waals surface area contributed by atoms with Crippen LogP contribution in [0.15, 0.2) is 24.4 Å². The summed E-state index contributed by atoms with van der Waals surface area (Å²) >= 11 is 0. The Labute approximate surface area is 163 Å². The van der Waals surface area contributed by atoms with Gasteiger partial charge in [-0.15, -0.1) is 0 Å². The monoisotopic (exact) mass is 402 g/mol. The van der Waals surface area contributed by atoms with E-state index in [4.69, 9.17) is 4.74 Å². The largest absolute Gasteiger partial charge is 0.481 e. The van der Waals surface area contributed by atoms with Crippen LogP contribution in [0.5, 0.6) is 5.88 Å². The van der Waals surface area contributed by atoms with Crippen LogP contribution in [-0.2, 0) is 35.9 Å². The van der Waals surface area contributed by atoms with Crippen molar-refractivity contribution in [1.82, 2.24) is 9.71 Å². The maximum absolute atomic E-state index is 12.4. The Bertz CT molecular complexity index is 987. The molecule has 0 unspecified atom stereocenters. The van der Waals surface area contributed by atoms with E-state index in [0.717, 1.165) is 55.3 Å². The van der Waals surface area contributed by atoms with Crippen LogP contribution in [-0.4, -0.2) is 26.5 Å². The van der Waals surface area contributed by atoms with Crippen LogP contribution in [0, 0.1) is 0 Å². The standard InChI is InChI=1S/C19H22N4O4S/c1-27-17-9-8-14(11-20-17)22-28(25,26)23-19(24)21-18-15-6-2-4-12(15)10-13-5-3-7-16(13)18/h8-11,22H,2-7H2,1H3,(H2,21,23,24). The van der Waals surface area contributed by atoms with Gasteiger partial charge in [0.1, 0.15) is 0 Å². The number of hydrogen-bond acceptors (Lipinski definition) is 5. The molecule has 0 fully saturated rings. The molecule has 2 aromatic rings. The third kappa shape index (κ3) is 3.75. The van der Waals surface area contributed by atoms with Gasteiger partial charge in [0.05, 0.1) is 19.0 Å². The van der Waals surface area contributed by atoms with Gasteiger partial charge < -0.3 is 10.1 Å². The number of pyridine rings is 1. The number of rotatable bonds is 5. The molecule has 9 heteroatoms. The lowest BCUT2D eigenvalue weighted by Gasteiger charge is -2.17. The van der Waals surface area contributed by atoms with Crippen LogP contribution in [0.1, 0.15) is 35.1 Å². The predicted molar refractivity (Wildman–Crippen MR) is 106 cm³/mol. The number of carbonyl (C=O) groups is 1. The van der Waals surface area contributed by atoms with Gasteiger partial charge in [-0.1, -0.05) is 6.07 Å². The van der Waals surface area contributed by atoms with Crippen molar-refractivity contribution in [1.29, 1.82) is 0 Å². The van der Waals surface area contributed by atoms with E-state index in [1.54, 1.807) is 0 Å². The highest BCUT2D eigenvalue weighted by Gasteiger charge is 2.26. The van der Waals surface area contributed by atoms with Crippen molar-refractivity contribution in [3.8, 4) is 5.88 Å². The molecule has 0 saturated carbocycles. The van der Waals surface area contributed by atoms with E-state index >= 15 is 0 Å². The van der Waals surface area contributed by atoms with Crippen molar-refractivity contribution < 1.29 is 17.9 Å². The van der Waals surface area contributed by atoms with Crippen molar-refractivity contribution in [3.63, 3.8) is 0 Å². The topological polar surface area (TPSA) is 109 Å². The molecule has 3 N–H and O–H groups in total. The summed E-state index contributed by atoms with van der Waals surface area (Å²) in [6, 6.07) is 4.50. The Morgan fingerprint density at radius 1 is 1.07 bits per heavy atom. The Hall–Kier alpha value is -2.81. The molecule has 1 heterocycles. The first kappa shape index (κ1) is 18.5. The van der Waals surface area contributed by atoms with Gasteiger partial charge in [-0.2, -0.15) is 8.42 Å². The van der Waals surface area contributed by atoms with E-state index in [1.807, 2.05) is 4.72 Å². The highest BCUT2D eigenvalue weighted by molar-refractivity contribution is 7.91. The minimum absolute atomic E-state index is 0.225. The average Bonchev–Trinajstić information content (AvgIpc) is 3.30. The molecule has 2 aliphatic rings. The van der Waals surface area contributed by atoms with E-state index in [0.29, 0.717) is 5.88 Å². The molecule has 1 aromatic carbocycles. The van der Waals surface area contributed by atoms with E-state index in [2.05, 4.69) is 21.1 Å². The van der Waals surface area contributed by atoms with Crippen molar-refractivity contribution >= 4 is 27.6 Å². The van der Waals surface area contributed by atoms with Gasteiger partial charge in [-0.3, -0.25) is 4.72 Å². The number of urea groups is 1. The summed E-state index contributed by atoms with van der Waals surface area (Å²) in [6.45, 7) is 0. The molecule has 0 atom stereocenters. The minimum atomic E-state index is -4.09. The number of hydrogen-bond donors (Lipinski definition) is 3. The third-order valence-corrected chi connectivity index (χ3v) is 6.09. The molecule has 0 spiro atoms. The SMILES string of the molecule is COc1ccc(NS(=O)(=O)NC(=O)Nc2c3c(cc4c2CCC4)CCC3)cn1. The summed E-state index contributed by atoms with van der Waals surface area (Å²) < 4.78 is 33.8. The zero-order chi connectivity index (χ0) is 19.7. The zero-order valence-electron chi connectivity index (χ0n) is 15.5. The summed E-state index contributed by atoms with van der Waals surface area (Å²) in [7, 11) is -2.63. The molecular formula is C19H22N4O4S. The molecule has 28 heavy (non-hydrogen) atoms. The number of methoxy groups -OCH3 is 1. The minimum Gasteiger partial charge on any atom is -0.481 e. The second-order valence-electron chi connectivity index (χ2n) is 6.98. The summed E-state index contributed by atoms with van der Waals surface area (Å²) in [5.41, 5.74) is 5.83. The Kier molecular flexibility index (Phi) is 4.84. The van der Waals surface area contributed by atoms with Gasteiger partial charge in [-0.25, -0.2) is 14.5 Å². The first-order chi connectivity index (χ1) is 13.4. The first-order valence-electron chi connectivity index (χ1n) is 9.23. The zero-order valence-corrected chi connectivity index (χ0v) is 16.4. The van der Waals surface area contributed by atoms with Gasteiger partial charge >= 0.3 is 16.2 Å². The van der Waals surface area contributed by atoms with Crippen molar-refractivity contribution in [2.45, 2.75) is 38.5 Å². The van der Waals surface area contributed by atoms with E-state index in [-0.39, 0.29) is 5.69 Å². The number of carbonyl (C=O) groups excluding carboxylic acids is 1. The van der Waals surface area contributed by atoms with E-state index in [1.165, 1.54) is 36.6 Å². The number of nitrogens with one attached hydrogen (secondary N) is 3. The number of ether oxygens (including phenoxy) is 1. The molecule has 1 aromatic heterocycles. The molecule has 8 nitrogen and oxygen atoms in total. The molecule has 4 rings (SSSR count). The lowest BCUT2D eigenvalue weighted by atomic mass is 9.99. The van der Waals surface area contributed by atoms with Gasteiger partial charge in [-0.05, 0) is 66.8 Å². The smallest absolute Gasteiger partial charge is 0.334 e. The lowest BCUT2D eigenvalue weighted by molar-refractivity contribution is 0.256. The molecule has 0 bridgehead atoms. The summed E-state index contributed by atoms with van der Waals surface area (Å²) in [5, 5.41) is 2.80. The van der Waals surface area contributed by atoms with Crippen LogP contribution in [0.2, 0.25) is 0 Å². The highest BCUT2D eigenvalue weighted by atomic mass is 32.2. The summed E-state index contributed by atoms with van der Waals surface area (Å²) in [6.07, 6.45) is 7.23. The maximum atomic E-state index is 12.4. The van der Waals surface area contributed by atoms with Crippen molar-refractivity contribution in [3.05, 3.63) is 46.6 Å². The van der Waals surface area contributed by atoms with Crippen molar-refractivity contribution in [2.24, 2.45) is 0 Å². The number of fused-ring (bicyclic) bond motifs is 2. The average molecular weight is 402 g/mol.